The Morgan fingerprint density at radius 3 is 2.39 bits per heavy atom. The van der Waals surface area contributed by atoms with Crippen molar-refractivity contribution < 1.29 is 18.7 Å². The summed E-state index contributed by atoms with van der Waals surface area (Å²) < 4.78 is 19.0. The molecule has 1 N–H and O–H groups in total. The monoisotopic (exact) mass is 384 g/mol. The fraction of sp³-hybridized carbons (Fsp3) is 0.364. The Hall–Kier alpha value is -2.89. The summed E-state index contributed by atoms with van der Waals surface area (Å²) in [4.78, 5) is 26.6. The Morgan fingerprint density at radius 2 is 1.71 bits per heavy atom. The van der Waals surface area contributed by atoms with Crippen LogP contribution in [0.4, 0.5) is 4.39 Å². The van der Waals surface area contributed by atoms with Crippen molar-refractivity contribution in [3.8, 4) is 5.75 Å². The van der Waals surface area contributed by atoms with Crippen molar-refractivity contribution >= 4 is 11.8 Å². The first-order valence-electron chi connectivity index (χ1n) is 9.49. The molecule has 0 atom stereocenters. The molecule has 5 nitrogen and oxygen atoms in total. The lowest BCUT2D eigenvalue weighted by molar-refractivity contribution is -0.135. The number of carbonyl (C=O) groups excluding carboxylic acids is 2. The molecule has 0 bridgehead atoms. The van der Waals surface area contributed by atoms with Gasteiger partial charge in [0.1, 0.15) is 11.6 Å². The van der Waals surface area contributed by atoms with Crippen LogP contribution < -0.4 is 10.1 Å². The number of carbonyl (C=O) groups is 2. The topological polar surface area (TPSA) is 58.6 Å². The molecule has 28 heavy (non-hydrogen) atoms. The standard InChI is InChI=1S/C22H25FN2O3/c1-28-20-9-5-3-7-18(20)15-24-22(27)16-10-12-25(13-11-16)21(26)14-17-6-2-4-8-19(17)23/h2-9,16H,10-15H2,1H3,(H,24,27). The molecule has 0 saturated carbocycles. The molecule has 0 radical (unpaired) electrons. The lowest BCUT2D eigenvalue weighted by Gasteiger charge is -2.31. The second-order valence-electron chi connectivity index (χ2n) is 6.95. The minimum absolute atomic E-state index is 0.00731. The van der Waals surface area contributed by atoms with Crippen LogP contribution in [0.5, 0.6) is 5.75 Å². The zero-order chi connectivity index (χ0) is 19.9. The summed E-state index contributed by atoms with van der Waals surface area (Å²) in [7, 11) is 1.61. The van der Waals surface area contributed by atoms with Crippen molar-refractivity contribution in [3.63, 3.8) is 0 Å². The highest BCUT2D eigenvalue weighted by atomic mass is 19.1. The van der Waals surface area contributed by atoms with Crippen LogP contribution in [0.1, 0.15) is 24.0 Å². The Balaban J connectivity index is 1.47. The van der Waals surface area contributed by atoms with Crippen molar-refractivity contribution in [2.24, 2.45) is 5.92 Å². The van der Waals surface area contributed by atoms with E-state index in [0.29, 0.717) is 38.0 Å². The molecule has 2 aromatic carbocycles. The second-order valence-corrected chi connectivity index (χ2v) is 6.95. The van der Waals surface area contributed by atoms with E-state index in [9.17, 15) is 14.0 Å². The van der Waals surface area contributed by atoms with Gasteiger partial charge in [0.25, 0.3) is 0 Å². The van der Waals surface area contributed by atoms with Gasteiger partial charge in [0.05, 0.1) is 13.5 Å². The number of amides is 2. The van der Waals surface area contributed by atoms with Crippen molar-refractivity contribution in [1.29, 1.82) is 0 Å². The van der Waals surface area contributed by atoms with E-state index in [1.807, 2.05) is 24.3 Å². The van der Waals surface area contributed by atoms with Gasteiger partial charge in [0, 0.05) is 31.1 Å². The number of hydrogen-bond acceptors (Lipinski definition) is 3. The molecule has 1 heterocycles. The van der Waals surface area contributed by atoms with Crippen LogP contribution in [0, 0.1) is 11.7 Å². The molecule has 1 saturated heterocycles. The van der Waals surface area contributed by atoms with Gasteiger partial charge >= 0.3 is 0 Å². The number of likely N-dealkylation sites (tertiary alicyclic amines) is 1. The summed E-state index contributed by atoms with van der Waals surface area (Å²) in [5.41, 5.74) is 1.33. The highest BCUT2D eigenvalue weighted by Crippen LogP contribution is 2.20. The fourth-order valence-corrected chi connectivity index (χ4v) is 3.48. The Morgan fingerprint density at radius 1 is 1.07 bits per heavy atom. The zero-order valence-electron chi connectivity index (χ0n) is 16.0. The Labute approximate surface area is 164 Å². The summed E-state index contributed by atoms with van der Waals surface area (Å²) in [6.07, 6.45) is 1.28. The summed E-state index contributed by atoms with van der Waals surface area (Å²) >= 11 is 0. The molecular weight excluding hydrogens is 359 g/mol. The summed E-state index contributed by atoms with van der Waals surface area (Å²) in [5, 5.41) is 2.96. The van der Waals surface area contributed by atoms with E-state index < -0.39 is 0 Å². The maximum Gasteiger partial charge on any atom is 0.227 e. The lowest BCUT2D eigenvalue weighted by atomic mass is 9.95. The van der Waals surface area contributed by atoms with Crippen molar-refractivity contribution in [2.75, 3.05) is 20.2 Å². The van der Waals surface area contributed by atoms with E-state index in [1.165, 1.54) is 6.07 Å². The van der Waals surface area contributed by atoms with Gasteiger partial charge in [-0.3, -0.25) is 9.59 Å². The molecule has 148 valence electrons. The first kappa shape index (κ1) is 19.9. The quantitative estimate of drug-likeness (QED) is 0.833. The van der Waals surface area contributed by atoms with Gasteiger partial charge in [0.15, 0.2) is 0 Å². The fourth-order valence-electron chi connectivity index (χ4n) is 3.48. The van der Waals surface area contributed by atoms with E-state index >= 15 is 0 Å². The van der Waals surface area contributed by atoms with E-state index in [4.69, 9.17) is 4.74 Å². The first-order chi connectivity index (χ1) is 13.6. The van der Waals surface area contributed by atoms with E-state index in [-0.39, 0.29) is 30.0 Å². The minimum Gasteiger partial charge on any atom is -0.496 e. The van der Waals surface area contributed by atoms with Gasteiger partial charge < -0.3 is 15.0 Å². The number of ether oxygens (including phenoxy) is 1. The van der Waals surface area contributed by atoms with Crippen LogP contribution >= 0.6 is 0 Å². The number of para-hydroxylation sites is 1. The number of methoxy groups -OCH3 is 1. The lowest BCUT2D eigenvalue weighted by Crippen LogP contribution is -2.43. The van der Waals surface area contributed by atoms with E-state index in [2.05, 4.69) is 5.32 Å². The molecule has 0 unspecified atom stereocenters. The largest absolute Gasteiger partial charge is 0.496 e. The third-order valence-corrected chi connectivity index (χ3v) is 5.16. The highest BCUT2D eigenvalue weighted by Gasteiger charge is 2.27. The Kier molecular flexibility index (Phi) is 6.63. The Bertz CT molecular complexity index is 832. The number of piperidine rings is 1. The average molecular weight is 384 g/mol. The third-order valence-electron chi connectivity index (χ3n) is 5.16. The van der Waals surface area contributed by atoms with Crippen LogP contribution in [0.3, 0.4) is 0 Å². The average Bonchev–Trinajstić information content (AvgIpc) is 2.74. The summed E-state index contributed by atoms with van der Waals surface area (Å²) in [5.74, 6) is 0.162. The van der Waals surface area contributed by atoms with Crippen molar-refractivity contribution in [2.45, 2.75) is 25.8 Å². The highest BCUT2D eigenvalue weighted by molar-refractivity contribution is 5.81. The van der Waals surface area contributed by atoms with Gasteiger partial charge in [-0.15, -0.1) is 0 Å². The molecule has 0 spiro atoms. The second kappa shape index (κ2) is 9.35. The molecule has 1 aliphatic heterocycles. The van der Waals surface area contributed by atoms with Crippen molar-refractivity contribution in [3.05, 3.63) is 65.5 Å². The molecule has 3 rings (SSSR count). The number of nitrogens with one attached hydrogen (secondary N) is 1. The third kappa shape index (κ3) is 4.88. The van der Waals surface area contributed by atoms with Crippen LogP contribution in [0.2, 0.25) is 0 Å². The number of halogens is 1. The van der Waals surface area contributed by atoms with Gasteiger partial charge in [-0.1, -0.05) is 36.4 Å². The molecular formula is C22H25FN2O3. The van der Waals surface area contributed by atoms with Crippen molar-refractivity contribution in [1.82, 2.24) is 10.2 Å². The van der Waals surface area contributed by atoms with E-state index in [0.717, 1.165) is 11.3 Å². The SMILES string of the molecule is COc1ccccc1CNC(=O)C1CCN(C(=O)Cc2ccccc2F)CC1. The normalized spacial score (nSPS) is 14.6. The molecule has 2 amide bonds. The molecule has 0 aliphatic carbocycles. The predicted molar refractivity (Wildman–Crippen MR) is 104 cm³/mol. The summed E-state index contributed by atoms with van der Waals surface area (Å²) in [6, 6.07) is 13.9. The van der Waals surface area contributed by atoms with Crippen LogP contribution in [0.25, 0.3) is 0 Å². The number of benzene rings is 2. The molecule has 1 fully saturated rings. The molecule has 1 aliphatic rings. The number of nitrogens with zero attached hydrogens (tertiary/aromatic N) is 1. The van der Waals surface area contributed by atoms with Crippen LogP contribution in [-0.4, -0.2) is 36.9 Å². The minimum atomic E-state index is -0.360. The van der Waals surface area contributed by atoms with E-state index in [1.54, 1.807) is 30.2 Å². The predicted octanol–water partition coefficient (Wildman–Crippen LogP) is 2.93. The smallest absolute Gasteiger partial charge is 0.227 e. The van der Waals surface area contributed by atoms with Crippen LogP contribution in [0.15, 0.2) is 48.5 Å². The van der Waals surface area contributed by atoms with Crippen LogP contribution in [-0.2, 0) is 22.6 Å². The molecule has 2 aromatic rings. The molecule has 6 heteroatoms. The van der Waals surface area contributed by atoms with Gasteiger partial charge in [-0.05, 0) is 30.5 Å². The first-order valence-corrected chi connectivity index (χ1v) is 9.49. The number of hydrogen-bond donors (Lipinski definition) is 1. The maximum absolute atomic E-state index is 13.7. The number of rotatable bonds is 6. The van der Waals surface area contributed by atoms with Gasteiger partial charge in [-0.2, -0.15) is 0 Å². The zero-order valence-corrected chi connectivity index (χ0v) is 16.0. The van der Waals surface area contributed by atoms with Gasteiger partial charge in [-0.25, -0.2) is 4.39 Å². The maximum atomic E-state index is 13.7. The summed E-state index contributed by atoms with van der Waals surface area (Å²) in [6.45, 7) is 1.44. The molecule has 0 aromatic heterocycles. The van der Waals surface area contributed by atoms with Gasteiger partial charge in [0.2, 0.25) is 11.8 Å².